The van der Waals surface area contributed by atoms with E-state index in [2.05, 4.69) is 51.2 Å². The fourth-order valence-corrected chi connectivity index (χ4v) is 2.69. The van der Waals surface area contributed by atoms with Crippen molar-refractivity contribution in [2.75, 3.05) is 13.2 Å². The third-order valence-corrected chi connectivity index (χ3v) is 3.90. The van der Waals surface area contributed by atoms with E-state index in [1.807, 2.05) is 6.92 Å². The quantitative estimate of drug-likeness (QED) is 0.864. The van der Waals surface area contributed by atoms with Crippen molar-refractivity contribution >= 4 is 6.08 Å². The van der Waals surface area contributed by atoms with Crippen LogP contribution in [-0.2, 0) is 6.42 Å². The second-order valence-corrected chi connectivity index (χ2v) is 5.73. The lowest BCUT2D eigenvalue weighted by Crippen LogP contribution is -2.26. The first-order chi connectivity index (χ1) is 10.0. The zero-order chi connectivity index (χ0) is 15.4. The largest absolute Gasteiger partial charge is 0.493 e. The number of benzene rings is 1. The van der Waals surface area contributed by atoms with E-state index in [9.17, 15) is 0 Å². The maximum Gasteiger partial charge on any atom is 0.127 e. The van der Waals surface area contributed by atoms with Gasteiger partial charge in [-0.1, -0.05) is 18.6 Å². The molecule has 2 rings (SSSR count). The number of hydrogen-bond donors (Lipinski definition) is 1. The Morgan fingerprint density at radius 2 is 2.24 bits per heavy atom. The van der Waals surface area contributed by atoms with Crippen LogP contribution in [0.25, 0.3) is 6.08 Å². The zero-order valence-electron chi connectivity index (χ0n) is 13.8. The Labute approximate surface area is 128 Å². The Bertz CT molecular complexity index is 522. The summed E-state index contributed by atoms with van der Waals surface area (Å²) in [6.07, 6.45) is 3.42. The average molecular weight is 289 g/mol. The molecular formula is C18H27NO2. The summed E-state index contributed by atoms with van der Waals surface area (Å²) in [5.41, 5.74) is 3.65. The van der Waals surface area contributed by atoms with Crippen LogP contribution in [0.3, 0.4) is 0 Å². The molecule has 1 aromatic rings. The minimum atomic E-state index is 0.260. The Hall–Kier alpha value is -1.48. The molecule has 21 heavy (non-hydrogen) atoms. The van der Waals surface area contributed by atoms with Crippen molar-refractivity contribution in [3.63, 3.8) is 0 Å². The highest BCUT2D eigenvalue weighted by molar-refractivity contribution is 5.64. The molecular weight excluding hydrogens is 262 g/mol. The Morgan fingerprint density at radius 1 is 1.48 bits per heavy atom. The summed E-state index contributed by atoms with van der Waals surface area (Å²) in [7, 11) is 0. The lowest BCUT2D eigenvalue weighted by atomic mass is 10.0. The van der Waals surface area contributed by atoms with Gasteiger partial charge in [0.15, 0.2) is 0 Å². The molecule has 1 N–H and O–H groups in total. The van der Waals surface area contributed by atoms with Gasteiger partial charge < -0.3 is 14.8 Å². The van der Waals surface area contributed by atoms with E-state index < -0.39 is 0 Å². The molecule has 0 amide bonds. The van der Waals surface area contributed by atoms with Crippen molar-refractivity contribution in [2.24, 2.45) is 0 Å². The number of nitrogens with one attached hydrogen (secondary N) is 1. The van der Waals surface area contributed by atoms with Gasteiger partial charge in [-0.15, -0.1) is 0 Å². The van der Waals surface area contributed by atoms with Crippen molar-refractivity contribution in [3.8, 4) is 11.5 Å². The normalized spacial score (nSPS) is 19.1. The van der Waals surface area contributed by atoms with Crippen LogP contribution in [0.4, 0.5) is 0 Å². The number of hydrogen-bond acceptors (Lipinski definition) is 3. The molecule has 2 unspecified atom stereocenters. The van der Waals surface area contributed by atoms with Gasteiger partial charge in [0.1, 0.15) is 17.6 Å². The number of fused-ring (bicyclic) bond motifs is 1. The van der Waals surface area contributed by atoms with Crippen molar-refractivity contribution in [3.05, 3.63) is 28.8 Å². The van der Waals surface area contributed by atoms with Gasteiger partial charge in [-0.05, 0) is 46.4 Å². The van der Waals surface area contributed by atoms with Crippen LogP contribution in [0, 0.1) is 0 Å². The summed E-state index contributed by atoms with van der Waals surface area (Å²) in [6.45, 7) is 12.2. The minimum absolute atomic E-state index is 0.260. The van der Waals surface area contributed by atoms with Gasteiger partial charge in [0, 0.05) is 23.6 Å². The van der Waals surface area contributed by atoms with Crippen LogP contribution in [0.1, 0.15) is 45.7 Å². The number of likely N-dealkylation sites (N-methyl/N-ethyl adjacent to an activating group) is 1. The van der Waals surface area contributed by atoms with E-state index >= 15 is 0 Å². The van der Waals surface area contributed by atoms with E-state index in [1.165, 1.54) is 11.1 Å². The maximum absolute atomic E-state index is 5.87. The molecule has 0 saturated carbocycles. The van der Waals surface area contributed by atoms with E-state index in [1.54, 1.807) is 0 Å². The molecule has 1 heterocycles. The highest BCUT2D eigenvalue weighted by Gasteiger charge is 2.21. The smallest absolute Gasteiger partial charge is 0.127 e. The topological polar surface area (TPSA) is 30.5 Å². The minimum Gasteiger partial charge on any atom is -0.493 e. The first-order valence-electron chi connectivity index (χ1n) is 7.93. The summed E-state index contributed by atoms with van der Waals surface area (Å²) in [5, 5.41) is 3.44. The van der Waals surface area contributed by atoms with Gasteiger partial charge in [-0.2, -0.15) is 0 Å². The fraction of sp³-hybridized carbons (Fsp3) is 0.556. The van der Waals surface area contributed by atoms with E-state index in [0.29, 0.717) is 12.6 Å². The van der Waals surface area contributed by atoms with E-state index in [0.717, 1.165) is 30.0 Å². The fourth-order valence-electron chi connectivity index (χ4n) is 2.69. The van der Waals surface area contributed by atoms with Crippen LogP contribution in [0.5, 0.6) is 11.5 Å². The maximum atomic E-state index is 5.87. The zero-order valence-corrected chi connectivity index (χ0v) is 13.8. The predicted octanol–water partition coefficient (Wildman–Crippen LogP) is 3.81. The highest BCUT2D eigenvalue weighted by atomic mass is 16.5. The second kappa shape index (κ2) is 6.99. The third kappa shape index (κ3) is 3.79. The van der Waals surface area contributed by atoms with Crippen molar-refractivity contribution in [1.82, 2.24) is 5.32 Å². The molecule has 1 aromatic carbocycles. The van der Waals surface area contributed by atoms with Crippen LogP contribution >= 0.6 is 0 Å². The molecule has 0 fully saturated rings. The van der Waals surface area contributed by atoms with Crippen molar-refractivity contribution in [1.29, 1.82) is 0 Å². The van der Waals surface area contributed by atoms with Gasteiger partial charge in [0.2, 0.25) is 0 Å². The van der Waals surface area contributed by atoms with Crippen LogP contribution in [-0.4, -0.2) is 25.3 Å². The van der Waals surface area contributed by atoms with Crippen molar-refractivity contribution < 1.29 is 9.47 Å². The lowest BCUT2D eigenvalue weighted by molar-refractivity contribution is 0.254. The molecule has 2 atom stereocenters. The second-order valence-electron chi connectivity index (χ2n) is 5.73. The first-order valence-corrected chi connectivity index (χ1v) is 7.93. The molecule has 1 aliphatic heterocycles. The van der Waals surface area contributed by atoms with Gasteiger partial charge in [0.25, 0.3) is 0 Å². The summed E-state index contributed by atoms with van der Waals surface area (Å²) < 4.78 is 11.7. The molecule has 0 bridgehead atoms. The van der Waals surface area contributed by atoms with E-state index in [-0.39, 0.29) is 6.10 Å². The highest BCUT2D eigenvalue weighted by Crippen LogP contribution is 2.36. The molecule has 0 aromatic heterocycles. The van der Waals surface area contributed by atoms with Crippen molar-refractivity contribution in [2.45, 2.75) is 53.2 Å². The number of rotatable bonds is 6. The molecule has 0 saturated heterocycles. The Morgan fingerprint density at radius 3 is 2.90 bits per heavy atom. The summed E-state index contributed by atoms with van der Waals surface area (Å²) in [6, 6.07) is 4.61. The predicted molar refractivity (Wildman–Crippen MR) is 88.2 cm³/mol. The molecule has 0 radical (unpaired) electrons. The summed E-state index contributed by atoms with van der Waals surface area (Å²) in [5.74, 6) is 1.96. The standard InChI is InChI=1S/C18H27NO2/c1-6-19-14(5)12(3)8-15-11-18-16(9-13(4)21-18)10-17(15)20-7-2/h8,10-11,13-14,19H,6-7,9H2,1-5H3/b12-8+. The summed E-state index contributed by atoms with van der Waals surface area (Å²) >= 11 is 0. The number of ether oxygens (including phenoxy) is 2. The summed E-state index contributed by atoms with van der Waals surface area (Å²) in [4.78, 5) is 0. The van der Waals surface area contributed by atoms with Gasteiger partial charge in [-0.3, -0.25) is 0 Å². The first kappa shape index (κ1) is 15.9. The van der Waals surface area contributed by atoms with Gasteiger partial charge in [0.05, 0.1) is 6.61 Å². The SMILES string of the molecule is CCNC(C)/C(C)=C/c1cc2c(cc1OCC)CC(C)O2. The third-order valence-electron chi connectivity index (χ3n) is 3.90. The van der Waals surface area contributed by atoms with Crippen LogP contribution in [0.2, 0.25) is 0 Å². The molecule has 1 aliphatic rings. The van der Waals surface area contributed by atoms with Crippen LogP contribution < -0.4 is 14.8 Å². The molecule has 0 aliphatic carbocycles. The monoisotopic (exact) mass is 289 g/mol. The van der Waals surface area contributed by atoms with Gasteiger partial charge in [-0.25, -0.2) is 0 Å². The van der Waals surface area contributed by atoms with Gasteiger partial charge >= 0.3 is 0 Å². The molecule has 3 heteroatoms. The lowest BCUT2D eigenvalue weighted by Gasteiger charge is -2.15. The Kier molecular flexibility index (Phi) is 5.29. The molecule has 3 nitrogen and oxygen atoms in total. The Balaban J connectivity index is 2.33. The molecule has 116 valence electrons. The molecule has 0 spiro atoms. The average Bonchev–Trinajstić information content (AvgIpc) is 2.78. The van der Waals surface area contributed by atoms with E-state index in [4.69, 9.17) is 9.47 Å². The van der Waals surface area contributed by atoms with Crippen LogP contribution in [0.15, 0.2) is 17.7 Å².